The topological polar surface area (TPSA) is 49.0 Å². The van der Waals surface area contributed by atoms with Gasteiger partial charge in [-0.2, -0.15) is 0 Å². The summed E-state index contributed by atoms with van der Waals surface area (Å²) < 4.78 is 5.77. The van der Waals surface area contributed by atoms with E-state index in [0.29, 0.717) is 5.76 Å². The van der Waals surface area contributed by atoms with Crippen molar-refractivity contribution in [2.24, 2.45) is 4.99 Å². The molecule has 0 saturated heterocycles. The maximum absolute atomic E-state index is 9.24. The molecule has 0 atom stereocenters. The number of furan rings is 1. The van der Waals surface area contributed by atoms with E-state index in [9.17, 15) is 5.11 Å². The van der Waals surface area contributed by atoms with Crippen molar-refractivity contribution in [1.29, 1.82) is 0 Å². The molecule has 0 radical (unpaired) electrons. The van der Waals surface area contributed by atoms with E-state index in [2.05, 4.69) is 4.99 Å². The number of aliphatic imine (C=N–C) groups is 1. The standard InChI is InChI=1S/C18H16N2O2/c1-20(15-5-3-2-4-6-15)18-12-11-17(22-18)13-19-14-7-9-16(21)10-8-14/h2-13,21H,1H3. The smallest absolute Gasteiger partial charge is 0.200 e. The minimum Gasteiger partial charge on any atom is -0.508 e. The first-order valence-electron chi connectivity index (χ1n) is 6.94. The van der Waals surface area contributed by atoms with E-state index in [1.54, 1.807) is 30.5 Å². The van der Waals surface area contributed by atoms with E-state index in [1.165, 1.54) is 0 Å². The summed E-state index contributed by atoms with van der Waals surface area (Å²) in [7, 11) is 1.95. The maximum atomic E-state index is 9.24. The Kier molecular flexibility index (Phi) is 3.92. The van der Waals surface area contributed by atoms with E-state index in [-0.39, 0.29) is 5.75 Å². The maximum Gasteiger partial charge on any atom is 0.200 e. The summed E-state index contributed by atoms with van der Waals surface area (Å²) in [5.74, 6) is 1.65. The van der Waals surface area contributed by atoms with E-state index >= 15 is 0 Å². The monoisotopic (exact) mass is 292 g/mol. The Morgan fingerprint density at radius 3 is 2.41 bits per heavy atom. The van der Waals surface area contributed by atoms with Crippen LogP contribution in [0.15, 0.2) is 76.1 Å². The van der Waals surface area contributed by atoms with Gasteiger partial charge >= 0.3 is 0 Å². The van der Waals surface area contributed by atoms with Gasteiger partial charge in [-0.25, -0.2) is 0 Å². The molecule has 0 amide bonds. The summed E-state index contributed by atoms with van der Waals surface area (Å²) in [6.07, 6.45) is 1.66. The van der Waals surface area contributed by atoms with Crippen LogP contribution in [0.4, 0.5) is 17.3 Å². The molecule has 3 rings (SSSR count). The zero-order valence-corrected chi connectivity index (χ0v) is 12.2. The van der Waals surface area contributed by atoms with E-state index < -0.39 is 0 Å². The van der Waals surface area contributed by atoms with Crippen LogP contribution in [0.3, 0.4) is 0 Å². The Morgan fingerprint density at radius 2 is 1.68 bits per heavy atom. The lowest BCUT2D eigenvalue weighted by molar-refractivity contribution is 0.475. The number of hydrogen-bond acceptors (Lipinski definition) is 4. The van der Waals surface area contributed by atoms with Crippen LogP contribution >= 0.6 is 0 Å². The molecule has 0 unspecified atom stereocenters. The molecule has 0 bridgehead atoms. The Bertz CT molecular complexity index is 761. The minimum atomic E-state index is 0.226. The summed E-state index contributed by atoms with van der Waals surface area (Å²) in [5.41, 5.74) is 1.81. The molecular formula is C18H16N2O2. The summed E-state index contributed by atoms with van der Waals surface area (Å²) in [5, 5.41) is 9.24. The third kappa shape index (κ3) is 3.17. The van der Waals surface area contributed by atoms with Crippen LogP contribution in [-0.4, -0.2) is 18.4 Å². The van der Waals surface area contributed by atoms with Crippen molar-refractivity contribution in [3.05, 3.63) is 72.5 Å². The number of phenols is 1. The lowest BCUT2D eigenvalue weighted by Gasteiger charge is -2.15. The number of nitrogens with zero attached hydrogens (tertiary/aromatic N) is 2. The SMILES string of the molecule is CN(c1ccccc1)c1ccc(C=Nc2ccc(O)cc2)o1. The van der Waals surface area contributed by atoms with Crippen molar-refractivity contribution in [3.8, 4) is 5.75 Å². The summed E-state index contributed by atoms with van der Waals surface area (Å²) in [6, 6.07) is 20.5. The molecule has 2 aromatic carbocycles. The molecule has 1 aromatic heterocycles. The molecule has 110 valence electrons. The van der Waals surface area contributed by atoms with Crippen LogP contribution in [0, 0.1) is 0 Å². The van der Waals surface area contributed by atoms with Crippen molar-refractivity contribution in [2.45, 2.75) is 0 Å². The summed E-state index contributed by atoms with van der Waals surface area (Å²) in [4.78, 5) is 6.28. The fourth-order valence-corrected chi connectivity index (χ4v) is 2.05. The van der Waals surface area contributed by atoms with Gasteiger partial charge in [0, 0.05) is 18.8 Å². The molecule has 1 N–H and O–H groups in total. The number of benzene rings is 2. The molecule has 0 fully saturated rings. The van der Waals surface area contributed by atoms with E-state index in [0.717, 1.165) is 17.3 Å². The second-order valence-electron chi connectivity index (χ2n) is 4.85. The van der Waals surface area contributed by atoms with Crippen LogP contribution in [0.5, 0.6) is 5.75 Å². The molecule has 0 aliphatic rings. The third-order valence-electron chi connectivity index (χ3n) is 3.28. The van der Waals surface area contributed by atoms with Crippen molar-refractivity contribution in [3.63, 3.8) is 0 Å². The molecule has 0 spiro atoms. The highest BCUT2D eigenvalue weighted by atomic mass is 16.4. The largest absolute Gasteiger partial charge is 0.508 e. The van der Waals surface area contributed by atoms with Gasteiger partial charge in [-0.05, 0) is 42.5 Å². The summed E-state index contributed by atoms with van der Waals surface area (Å²) in [6.45, 7) is 0. The van der Waals surface area contributed by atoms with Crippen LogP contribution in [0.1, 0.15) is 5.76 Å². The van der Waals surface area contributed by atoms with Crippen molar-refractivity contribution in [1.82, 2.24) is 0 Å². The van der Waals surface area contributed by atoms with Crippen LogP contribution in [0.25, 0.3) is 0 Å². The van der Waals surface area contributed by atoms with Crippen LogP contribution in [0.2, 0.25) is 0 Å². The fourth-order valence-electron chi connectivity index (χ4n) is 2.05. The summed E-state index contributed by atoms with van der Waals surface area (Å²) >= 11 is 0. The highest BCUT2D eigenvalue weighted by Gasteiger charge is 2.07. The molecule has 0 aliphatic heterocycles. The fraction of sp³-hybridized carbons (Fsp3) is 0.0556. The van der Waals surface area contributed by atoms with Gasteiger partial charge in [-0.15, -0.1) is 0 Å². The van der Waals surface area contributed by atoms with Gasteiger partial charge in [0.25, 0.3) is 0 Å². The second kappa shape index (κ2) is 6.18. The van der Waals surface area contributed by atoms with Gasteiger partial charge < -0.3 is 14.4 Å². The number of phenolic OH excluding ortho intramolecular Hbond substituents is 1. The number of hydrogen-bond donors (Lipinski definition) is 1. The van der Waals surface area contributed by atoms with Crippen molar-refractivity contribution in [2.75, 3.05) is 11.9 Å². The molecule has 4 heteroatoms. The highest BCUT2D eigenvalue weighted by molar-refractivity contribution is 5.79. The lowest BCUT2D eigenvalue weighted by Crippen LogP contribution is -2.07. The van der Waals surface area contributed by atoms with Crippen LogP contribution < -0.4 is 4.90 Å². The Labute approximate surface area is 129 Å². The van der Waals surface area contributed by atoms with Crippen molar-refractivity contribution < 1.29 is 9.52 Å². The number of para-hydroxylation sites is 1. The van der Waals surface area contributed by atoms with Gasteiger partial charge in [0.05, 0.1) is 11.9 Å². The molecule has 0 saturated carbocycles. The van der Waals surface area contributed by atoms with Gasteiger partial charge in [-0.3, -0.25) is 4.99 Å². The van der Waals surface area contributed by atoms with Gasteiger partial charge in [0.2, 0.25) is 0 Å². The van der Waals surface area contributed by atoms with Gasteiger partial charge in [0.1, 0.15) is 11.5 Å². The van der Waals surface area contributed by atoms with Gasteiger partial charge in [-0.1, -0.05) is 18.2 Å². The lowest BCUT2D eigenvalue weighted by atomic mass is 10.3. The minimum absolute atomic E-state index is 0.226. The third-order valence-corrected chi connectivity index (χ3v) is 3.28. The Morgan fingerprint density at radius 1 is 0.955 bits per heavy atom. The molecule has 3 aromatic rings. The zero-order valence-electron chi connectivity index (χ0n) is 12.2. The average Bonchev–Trinajstić information content (AvgIpc) is 3.03. The van der Waals surface area contributed by atoms with Crippen LogP contribution in [-0.2, 0) is 0 Å². The average molecular weight is 292 g/mol. The first-order valence-corrected chi connectivity index (χ1v) is 6.94. The predicted molar refractivity (Wildman–Crippen MR) is 88.6 cm³/mol. The van der Waals surface area contributed by atoms with E-state index in [4.69, 9.17) is 4.42 Å². The first kappa shape index (κ1) is 13.9. The quantitative estimate of drug-likeness (QED) is 0.720. The molecule has 22 heavy (non-hydrogen) atoms. The molecule has 4 nitrogen and oxygen atoms in total. The Balaban J connectivity index is 1.75. The number of anilines is 2. The number of aromatic hydroxyl groups is 1. The second-order valence-corrected chi connectivity index (χ2v) is 4.85. The predicted octanol–water partition coefficient (Wildman–Crippen LogP) is 4.50. The normalized spacial score (nSPS) is 11.0. The molecule has 0 aliphatic carbocycles. The molecular weight excluding hydrogens is 276 g/mol. The van der Waals surface area contributed by atoms with Crippen molar-refractivity contribution >= 4 is 23.5 Å². The zero-order chi connectivity index (χ0) is 15.4. The number of rotatable bonds is 4. The highest BCUT2D eigenvalue weighted by Crippen LogP contribution is 2.25. The Hall–Kier alpha value is -3.01. The molecule has 1 heterocycles. The van der Waals surface area contributed by atoms with Gasteiger partial charge in [0.15, 0.2) is 5.88 Å². The first-order chi connectivity index (χ1) is 10.7. The van der Waals surface area contributed by atoms with E-state index in [1.807, 2.05) is 54.4 Å².